The molecule has 5 nitrogen and oxygen atoms in total. The van der Waals surface area contributed by atoms with Gasteiger partial charge in [0.05, 0.1) is 24.1 Å². The number of rotatable bonds is 3. The highest BCUT2D eigenvalue weighted by Gasteiger charge is 2.44. The van der Waals surface area contributed by atoms with E-state index in [4.69, 9.17) is 16.0 Å². The molecular weight excluding hydrogens is 436 g/mol. The predicted molar refractivity (Wildman–Crippen MR) is 129 cm³/mol. The smallest absolute Gasteiger partial charge is 0.232 e. The Morgan fingerprint density at radius 1 is 1.09 bits per heavy atom. The van der Waals surface area contributed by atoms with Crippen LogP contribution < -0.4 is 10.2 Å². The molecule has 5 rings (SSSR count). The maximum absolute atomic E-state index is 13.9. The number of hydrogen-bond acceptors (Lipinski definition) is 4. The van der Waals surface area contributed by atoms with E-state index in [2.05, 4.69) is 19.2 Å². The van der Waals surface area contributed by atoms with Crippen molar-refractivity contribution in [2.45, 2.75) is 39.2 Å². The fraction of sp³-hybridized carbons (Fsp3) is 0.259. The molecule has 0 radical (unpaired) electrons. The molecule has 1 aliphatic heterocycles. The van der Waals surface area contributed by atoms with Crippen molar-refractivity contribution in [1.82, 2.24) is 0 Å². The van der Waals surface area contributed by atoms with Crippen molar-refractivity contribution >= 4 is 34.7 Å². The van der Waals surface area contributed by atoms with Crippen molar-refractivity contribution in [1.29, 1.82) is 0 Å². The molecule has 0 spiro atoms. The summed E-state index contributed by atoms with van der Waals surface area (Å²) >= 11 is 6.03. The van der Waals surface area contributed by atoms with Gasteiger partial charge in [0.2, 0.25) is 5.91 Å². The molecule has 0 fully saturated rings. The SMILES string of the molecule is CC1(C)CC(=O)C2=C(C1)Nc1ccccc1N(C(=O)Cc1ccc(Cl)cc1)[C@H]2c1ccco1. The van der Waals surface area contributed by atoms with Crippen LogP contribution in [0.5, 0.6) is 0 Å². The number of fused-ring (bicyclic) bond motifs is 1. The molecule has 0 bridgehead atoms. The van der Waals surface area contributed by atoms with Gasteiger partial charge >= 0.3 is 0 Å². The van der Waals surface area contributed by atoms with E-state index < -0.39 is 6.04 Å². The summed E-state index contributed by atoms with van der Waals surface area (Å²) < 4.78 is 5.81. The molecule has 3 aromatic rings. The van der Waals surface area contributed by atoms with Gasteiger partial charge in [-0.1, -0.05) is 49.7 Å². The van der Waals surface area contributed by atoms with E-state index in [0.717, 1.165) is 22.6 Å². The quantitative estimate of drug-likeness (QED) is 0.496. The van der Waals surface area contributed by atoms with Crippen molar-refractivity contribution < 1.29 is 14.0 Å². The summed E-state index contributed by atoms with van der Waals surface area (Å²) in [5.74, 6) is 0.477. The number of para-hydroxylation sites is 2. The highest BCUT2D eigenvalue weighted by molar-refractivity contribution is 6.30. The van der Waals surface area contributed by atoms with Gasteiger partial charge in [-0.05, 0) is 53.8 Å². The zero-order valence-corrected chi connectivity index (χ0v) is 19.4. The molecular formula is C27H25ClN2O3. The fourth-order valence-electron chi connectivity index (χ4n) is 4.84. The molecule has 2 aliphatic rings. The number of Topliss-reactive ketones (excluding diaryl/α,β-unsaturated/α-hetero) is 1. The summed E-state index contributed by atoms with van der Waals surface area (Å²) in [6.45, 7) is 4.19. The number of benzene rings is 2. The Kier molecular flexibility index (Phi) is 5.37. The van der Waals surface area contributed by atoms with E-state index >= 15 is 0 Å². The van der Waals surface area contributed by atoms with E-state index in [-0.39, 0.29) is 23.5 Å². The topological polar surface area (TPSA) is 62.6 Å². The number of nitrogens with zero attached hydrogens (tertiary/aromatic N) is 1. The summed E-state index contributed by atoms with van der Waals surface area (Å²) in [4.78, 5) is 29.1. The normalized spacial score (nSPS) is 19.4. The van der Waals surface area contributed by atoms with Gasteiger partial charge in [0.25, 0.3) is 0 Å². The van der Waals surface area contributed by atoms with E-state index in [1.54, 1.807) is 29.4 Å². The molecule has 6 heteroatoms. The van der Waals surface area contributed by atoms with Crippen molar-refractivity contribution in [3.63, 3.8) is 0 Å². The number of allylic oxidation sites excluding steroid dienone is 1. The van der Waals surface area contributed by atoms with Crippen LogP contribution in [0, 0.1) is 5.41 Å². The van der Waals surface area contributed by atoms with Crippen LogP contribution in [0.25, 0.3) is 0 Å². The molecule has 0 unspecified atom stereocenters. The number of nitrogens with one attached hydrogen (secondary N) is 1. The summed E-state index contributed by atoms with van der Waals surface area (Å²) in [5, 5.41) is 4.12. The second-order valence-electron chi connectivity index (χ2n) is 9.46. The molecule has 1 atom stereocenters. The van der Waals surface area contributed by atoms with Crippen LogP contribution in [-0.2, 0) is 16.0 Å². The van der Waals surface area contributed by atoms with Crippen LogP contribution in [-0.4, -0.2) is 11.7 Å². The first-order valence-corrected chi connectivity index (χ1v) is 11.4. The Balaban J connectivity index is 1.68. The molecule has 2 aromatic carbocycles. The van der Waals surface area contributed by atoms with Gasteiger partial charge in [-0.25, -0.2) is 0 Å². The number of halogens is 1. The maximum atomic E-state index is 13.9. The Hall–Kier alpha value is -3.31. The van der Waals surface area contributed by atoms with Gasteiger partial charge in [0, 0.05) is 22.7 Å². The van der Waals surface area contributed by atoms with Crippen LogP contribution in [0.2, 0.25) is 5.02 Å². The first-order chi connectivity index (χ1) is 15.8. The Bertz CT molecular complexity index is 1240. The lowest BCUT2D eigenvalue weighted by Crippen LogP contribution is -2.40. The van der Waals surface area contributed by atoms with Crippen LogP contribution >= 0.6 is 11.6 Å². The molecule has 2 heterocycles. The van der Waals surface area contributed by atoms with E-state index in [0.29, 0.717) is 29.2 Å². The zero-order chi connectivity index (χ0) is 23.2. The molecule has 0 saturated carbocycles. The Morgan fingerprint density at radius 2 is 1.85 bits per heavy atom. The highest BCUT2D eigenvalue weighted by atomic mass is 35.5. The summed E-state index contributed by atoms with van der Waals surface area (Å²) in [7, 11) is 0. The van der Waals surface area contributed by atoms with Gasteiger partial charge in [-0.2, -0.15) is 0 Å². The molecule has 1 N–H and O–H groups in total. The summed E-state index contributed by atoms with van der Waals surface area (Å²) in [5.41, 5.74) is 3.65. The van der Waals surface area contributed by atoms with Crippen LogP contribution in [0.3, 0.4) is 0 Å². The third kappa shape index (κ3) is 4.09. The minimum Gasteiger partial charge on any atom is -0.467 e. The first-order valence-electron chi connectivity index (χ1n) is 11.0. The highest BCUT2D eigenvalue weighted by Crippen LogP contribution is 2.48. The molecule has 1 amide bonds. The third-order valence-electron chi connectivity index (χ3n) is 6.25. The van der Waals surface area contributed by atoms with Gasteiger partial charge in [-0.3, -0.25) is 14.5 Å². The molecule has 168 valence electrons. The lowest BCUT2D eigenvalue weighted by Gasteiger charge is -2.36. The zero-order valence-electron chi connectivity index (χ0n) is 18.6. The van der Waals surface area contributed by atoms with Gasteiger partial charge in [0.15, 0.2) is 5.78 Å². The van der Waals surface area contributed by atoms with E-state index in [1.807, 2.05) is 42.5 Å². The van der Waals surface area contributed by atoms with Crippen molar-refractivity contribution in [3.8, 4) is 0 Å². The standard InChI is InChI=1S/C27H25ClN2O3/c1-27(2)15-20-25(22(31)16-27)26(23-8-5-13-33-23)30(21-7-4-3-6-19(21)29-20)24(32)14-17-9-11-18(28)12-10-17/h3-13,26,29H,14-16H2,1-2H3/t26-/m0/s1. The number of furan rings is 1. The largest absolute Gasteiger partial charge is 0.467 e. The van der Waals surface area contributed by atoms with Crippen LogP contribution in [0.4, 0.5) is 11.4 Å². The minimum absolute atomic E-state index is 0.0345. The first kappa shape index (κ1) is 21.5. The second kappa shape index (κ2) is 8.23. The average Bonchev–Trinajstić information content (AvgIpc) is 3.24. The second-order valence-corrected chi connectivity index (χ2v) is 9.90. The third-order valence-corrected chi connectivity index (χ3v) is 6.50. The van der Waals surface area contributed by atoms with E-state index in [9.17, 15) is 9.59 Å². The minimum atomic E-state index is -0.644. The van der Waals surface area contributed by atoms with Crippen LogP contribution in [0.1, 0.15) is 44.1 Å². The lowest BCUT2D eigenvalue weighted by molar-refractivity contribution is -0.119. The number of anilines is 2. The van der Waals surface area contributed by atoms with Gasteiger partial charge in [-0.15, -0.1) is 0 Å². The number of carbonyl (C=O) groups excluding carboxylic acids is 2. The van der Waals surface area contributed by atoms with Gasteiger partial charge < -0.3 is 9.73 Å². The number of hydrogen-bond donors (Lipinski definition) is 1. The van der Waals surface area contributed by atoms with Crippen molar-refractivity contribution in [3.05, 3.63) is 94.5 Å². The van der Waals surface area contributed by atoms with Crippen molar-refractivity contribution in [2.24, 2.45) is 5.41 Å². The summed E-state index contributed by atoms with van der Waals surface area (Å²) in [6.07, 6.45) is 2.88. The number of amides is 1. The lowest BCUT2D eigenvalue weighted by atomic mass is 9.74. The molecule has 1 aromatic heterocycles. The Labute approximate surface area is 198 Å². The van der Waals surface area contributed by atoms with Gasteiger partial charge in [0.1, 0.15) is 11.8 Å². The molecule has 0 saturated heterocycles. The molecule has 33 heavy (non-hydrogen) atoms. The number of ketones is 1. The summed E-state index contributed by atoms with van der Waals surface area (Å²) in [6, 6.07) is 17.9. The maximum Gasteiger partial charge on any atom is 0.232 e. The average molecular weight is 461 g/mol. The number of carbonyl (C=O) groups is 2. The predicted octanol–water partition coefficient (Wildman–Crippen LogP) is 6.32. The fourth-order valence-corrected chi connectivity index (χ4v) is 4.97. The molecule has 1 aliphatic carbocycles. The monoisotopic (exact) mass is 460 g/mol. The van der Waals surface area contributed by atoms with Crippen molar-refractivity contribution in [2.75, 3.05) is 10.2 Å². The Morgan fingerprint density at radius 3 is 2.58 bits per heavy atom. The van der Waals surface area contributed by atoms with E-state index in [1.165, 1.54) is 0 Å². The van der Waals surface area contributed by atoms with Crippen LogP contribution in [0.15, 0.2) is 82.6 Å².